The quantitative estimate of drug-likeness (QED) is 0.801. The van der Waals surface area contributed by atoms with Crippen molar-refractivity contribution in [1.29, 1.82) is 0 Å². The van der Waals surface area contributed by atoms with Gasteiger partial charge in [0.1, 0.15) is 5.75 Å². The first-order chi connectivity index (χ1) is 9.74. The predicted octanol–water partition coefficient (Wildman–Crippen LogP) is 4.69. The van der Waals surface area contributed by atoms with Crippen LogP contribution in [0.5, 0.6) is 5.75 Å². The molecule has 108 valence electrons. The highest BCUT2D eigenvalue weighted by molar-refractivity contribution is 7.07. The summed E-state index contributed by atoms with van der Waals surface area (Å²) in [5.41, 5.74) is 2.46. The number of hydrogen-bond acceptors (Lipinski definition) is 3. The molecule has 0 aliphatic heterocycles. The van der Waals surface area contributed by atoms with E-state index >= 15 is 0 Å². The van der Waals surface area contributed by atoms with E-state index in [0.29, 0.717) is 6.04 Å². The maximum absolute atomic E-state index is 6.11. The second-order valence-electron chi connectivity index (χ2n) is 4.72. The lowest BCUT2D eigenvalue weighted by atomic mass is 10.00. The van der Waals surface area contributed by atoms with Crippen LogP contribution in [-0.4, -0.2) is 13.7 Å². The summed E-state index contributed by atoms with van der Waals surface area (Å²) >= 11 is 7.84. The average molecular weight is 310 g/mol. The minimum absolute atomic E-state index is 0.300. The fourth-order valence-corrected chi connectivity index (χ4v) is 3.14. The van der Waals surface area contributed by atoms with Crippen LogP contribution in [0, 0.1) is 0 Å². The highest BCUT2D eigenvalue weighted by Gasteiger charge is 2.15. The van der Waals surface area contributed by atoms with Crippen molar-refractivity contribution in [3.05, 3.63) is 51.2 Å². The van der Waals surface area contributed by atoms with Gasteiger partial charge in [-0.3, -0.25) is 0 Å². The van der Waals surface area contributed by atoms with E-state index in [-0.39, 0.29) is 0 Å². The molecule has 0 radical (unpaired) electrons. The highest BCUT2D eigenvalue weighted by Crippen LogP contribution is 2.28. The summed E-state index contributed by atoms with van der Waals surface area (Å²) < 4.78 is 5.44. The van der Waals surface area contributed by atoms with E-state index in [4.69, 9.17) is 16.3 Å². The fourth-order valence-electron chi connectivity index (χ4n) is 2.23. The standard InChI is InChI=1S/C16H20ClNOS/c1-3-7-18-15(12-6-8-20-11-12)10-13-9-14(17)4-5-16(13)19-2/h4-6,8-9,11,15,18H,3,7,10H2,1-2H3. The summed E-state index contributed by atoms with van der Waals surface area (Å²) in [6.45, 7) is 3.18. The van der Waals surface area contributed by atoms with E-state index < -0.39 is 0 Å². The normalized spacial score (nSPS) is 12.3. The van der Waals surface area contributed by atoms with Crippen LogP contribution in [-0.2, 0) is 6.42 Å². The zero-order chi connectivity index (χ0) is 14.4. The molecule has 4 heteroatoms. The first kappa shape index (κ1) is 15.4. The molecule has 0 saturated heterocycles. The van der Waals surface area contributed by atoms with E-state index in [2.05, 4.69) is 29.1 Å². The van der Waals surface area contributed by atoms with Crippen molar-refractivity contribution >= 4 is 22.9 Å². The first-order valence-electron chi connectivity index (χ1n) is 6.82. The third kappa shape index (κ3) is 3.98. The van der Waals surface area contributed by atoms with Crippen molar-refractivity contribution < 1.29 is 4.74 Å². The van der Waals surface area contributed by atoms with Gasteiger partial charge in [0.25, 0.3) is 0 Å². The summed E-state index contributed by atoms with van der Waals surface area (Å²) in [7, 11) is 1.70. The van der Waals surface area contributed by atoms with Crippen molar-refractivity contribution in [2.24, 2.45) is 0 Å². The fraction of sp³-hybridized carbons (Fsp3) is 0.375. The molecule has 2 rings (SSSR count). The Morgan fingerprint density at radius 1 is 1.35 bits per heavy atom. The van der Waals surface area contributed by atoms with E-state index in [1.54, 1.807) is 18.4 Å². The Kier molecular flexibility index (Phi) is 5.89. The molecule has 0 aliphatic carbocycles. The summed E-state index contributed by atoms with van der Waals surface area (Å²) in [6, 6.07) is 8.27. The Hall–Kier alpha value is -1.03. The van der Waals surface area contributed by atoms with Gasteiger partial charge in [0, 0.05) is 11.1 Å². The maximum atomic E-state index is 6.11. The third-order valence-corrected chi connectivity index (χ3v) is 4.19. The summed E-state index contributed by atoms with van der Waals surface area (Å²) in [6.07, 6.45) is 1.99. The second kappa shape index (κ2) is 7.67. The van der Waals surface area contributed by atoms with Crippen LogP contribution in [0.4, 0.5) is 0 Å². The summed E-state index contributed by atoms with van der Waals surface area (Å²) in [5.74, 6) is 0.896. The van der Waals surface area contributed by atoms with Gasteiger partial charge in [0.15, 0.2) is 0 Å². The SMILES string of the molecule is CCCNC(Cc1cc(Cl)ccc1OC)c1ccsc1. The molecule has 1 atom stereocenters. The van der Waals surface area contributed by atoms with E-state index in [0.717, 1.165) is 35.7 Å². The molecule has 0 bridgehead atoms. The molecule has 1 aromatic heterocycles. The lowest BCUT2D eigenvalue weighted by Gasteiger charge is -2.19. The summed E-state index contributed by atoms with van der Waals surface area (Å²) in [4.78, 5) is 0. The van der Waals surface area contributed by atoms with Crippen molar-refractivity contribution in [2.75, 3.05) is 13.7 Å². The molecular formula is C16H20ClNOS. The Bertz CT molecular complexity index is 527. The highest BCUT2D eigenvalue weighted by atomic mass is 35.5. The largest absolute Gasteiger partial charge is 0.496 e. The monoisotopic (exact) mass is 309 g/mol. The Morgan fingerprint density at radius 2 is 2.20 bits per heavy atom. The Morgan fingerprint density at radius 3 is 2.85 bits per heavy atom. The molecule has 2 aromatic rings. The molecule has 0 amide bonds. The minimum atomic E-state index is 0.300. The smallest absolute Gasteiger partial charge is 0.122 e. The number of ether oxygens (including phenoxy) is 1. The molecule has 0 aliphatic rings. The van der Waals surface area contributed by atoms with Crippen LogP contribution >= 0.6 is 22.9 Å². The maximum Gasteiger partial charge on any atom is 0.122 e. The van der Waals surface area contributed by atoms with E-state index in [1.807, 2.05) is 18.2 Å². The number of nitrogens with one attached hydrogen (secondary N) is 1. The number of halogens is 1. The average Bonchev–Trinajstić information content (AvgIpc) is 2.97. The van der Waals surface area contributed by atoms with Crippen LogP contribution < -0.4 is 10.1 Å². The molecule has 0 spiro atoms. The van der Waals surface area contributed by atoms with Crippen LogP contribution in [0.2, 0.25) is 5.02 Å². The molecule has 0 fully saturated rings. The minimum Gasteiger partial charge on any atom is -0.496 e. The third-order valence-electron chi connectivity index (χ3n) is 3.25. The van der Waals surface area contributed by atoms with Gasteiger partial charge in [-0.1, -0.05) is 18.5 Å². The van der Waals surface area contributed by atoms with E-state index in [9.17, 15) is 0 Å². The van der Waals surface area contributed by atoms with E-state index in [1.165, 1.54) is 5.56 Å². The van der Waals surface area contributed by atoms with Gasteiger partial charge in [-0.25, -0.2) is 0 Å². The number of thiophene rings is 1. The molecule has 1 unspecified atom stereocenters. The van der Waals surface area contributed by atoms with Gasteiger partial charge >= 0.3 is 0 Å². The predicted molar refractivity (Wildman–Crippen MR) is 87.1 cm³/mol. The Balaban J connectivity index is 2.21. The zero-order valence-electron chi connectivity index (χ0n) is 11.9. The van der Waals surface area contributed by atoms with Crippen molar-refractivity contribution in [2.45, 2.75) is 25.8 Å². The first-order valence-corrected chi connectivity index (χ1v) is 8.14. The van der Waals surface area contributed by atoms with Crippen LogP contribution in [0.3, 0.4) is 0 Å². The number of hydrogen-bond donors (Lipinski definition) is 1. The second-order valence-corrected chi connectivity index (χ2v) is 5.94. The van der Waals surface area contributed by atoms with Gasteiger partial charge < -0.3 is 10.1 Å². The van der Waals surface area contributed by atoms with Gasteiger partial charge in [0.05, 0.1) is 7.11 Å². The molecular weight excluding hydrogens is 290 g/mol. The van der Waals surface area contributed by atoms with Gasteiger partial charge in [0.2, 0.25) is 0 Å². The van der Waals surface area contributed by atoms with Gasteiger partial charge in [-0.2, -0.15) is 11.3 Å². The van der Waals surface area contributed by atoms with Crippen LogP contribution in [0.25, 0.3) is 0 Å². The van der Waals surface area contributed by atoms with Gasteiger partial charge in [-0.05, 0) is 65.5 Å². The molecule has 2 nitrogen and oxygen atoms in total. The zero-order valence-corrected chi connectivity index (χ0v) is 13.4. The van der Waals surface area contributed by atoms with Crippen molar-refractivity contribution in [1.82, 2.24) is 5.32 Å². The lowest BCUT2D eigenvalue weighted by Crippen LogP contribution is -2.23. The number of benzene rings is 1. The molecule has 1 N–H and O–H groups in total. The van der Waals surface area contributed by atoms with Crippen molar-refractivity contribution in [3.63, 3.8) is 0 Å². The lowest BCUT2D eigenvalue weighted by molar-refractivity contribution is 0.405. The van der Waals surface area contributed by atoms with Gasteiger partial charge in [-0.15, -0.1) is 0 Å². The molecule has 20 heavy (non-hydrogen) atoms. The molecule has 1 aromatic carbocycles. The topological polar surface area (TPSA) is 21.3 Å². The number of rotatable bonds is 7. The molecule has 1 heterocycles. The van der Waals surface area contributed by atoms with Crippen LogP contribution in [0.1, 0.15) is 30.5 Å². The number of methoxy groups -OCH3 is 1. The van der Waals surface area contributed by atoms with Crippen LogP contribution in [0.15, 0.2) is 35.0 Å². The summed E-state index contributed by atoms with van der Waals surface area (Å²) in [5, 5.41) is 8.66. The van der Waals surface area contributed by atoms with Crippen molar-refractivity contribution in [3.8, 4) is 5.75 Å². The molecule has 0 saturated carbocycles. The Labute approximate surface area is 129 Å².